The highest BCUT2D eigenvalue weighted by atomic mass is 16.7. The van der Waals surface area contributed by atoms with Gasteiger partial charge in [0.15, 0.2) is 6.29 Å². The number of aliphatic hydroxyl groups is 5. The van der Waals surface area contributed by atoms with E-state index in [1.807, 2.05) is 6.08 Å². The zero-order valence-electron chi connectivity index (χ0n) is 51.2. The number of carbonyl (C=O) groups excluding carboxylic acids is 1. The molecule has 1 aliphatic rings. The van der Waals surface area contributed by atoms with E-state index in [0.717, 1.165) is 51.4 Å². The highest BCUT2D eigenvalue weighted by Crippen LogP contribution is 2.23. The molecular formula is C69H129NO8. The molecule has 0 aromatic carbocycles. The molecule has 0 bridgehead atoms. The molecule has 1 saturated heterocycles. The topological polar surface area (TPSA) is 149 Å². The van der Waals surface area contributed by atoms with Crippen molar-refractivity contribution in [3.8, 4) is 0 Å². The number of allylic oxidation sites excluding steroid dienone is 7. The monoisotopic (exact) mass is 1100 g/mol. The van der Waals surface area contributed by atoms with Crippen molar-refractivity contribution < 1.29 is 39.8 Å². The molecule has 0 aromatic rings. The number of hydrogen-bond acceptors (Lipinski definition) is 8. The molecule has 0 saturated carbocycles. The molecule has 1 heterocycles. The van der Waals surface area contributed by atoms with Crippen LogP contribution in [0, 0.1) is 0 Å². The highest BCUT2D eigenvalue weighted by molar-refractivity contribution is 5.76. The van der Waals surface area contributed by atoms with Crippen molar-refractivity contribution in [2.75, 3.05) is 13.2 Å². The van der Waals surface area contributed by atoms with Gasteiger partial charge >= 0.3 is 0 Å². The third-order valence-corrected chi connectivity index (χ3v) is 16.1. The van der Waals surface area contributed by atoms with Crippen molar-refractivity contribution in [3.05, 3.63) is 48.6 Å². The minimum absolute atomic E-state index is 0.172. The molecule has 1 rings (SSSR count). The van der Waals surface area contributed by atoms with Crippen LogP contribution in [0.5, 0.6) is 0 Å². The molecule has 0 spiro atoms. The Bertz CT molecular complexity index is 1370. The van der Waals surface area contributed by atoms with Gasteiger partial charge in [-0.1, -0.05) is 313 Å². The van der Waals surface area contributed by atoms with Crippen LogP contribution in [0.2, 0.25) is 0 Å². The summed E-state index contributed by atoms with van der Waals surface area (Å²) in [7, 11) is 0. The van der Waals surface area contributed by atoms with E-state index < -0.39 is 49.5 Å². The van der Waals surface area contributed by atoms with Gasteiger partial charge in [-0.05, 0) is 57.8 Å². The first-order valence-corrected chi connectivity index (χ1v) is 33.9. The maximum absolute atomic E-state index is 13.1. The zero-order valence-corrected chi connectivity index (χ0v) is 51.2. The van der Waals surface area contributed by atoms with Crippen molar-refractivity contribution >= 4 is 5.91 Å². The summed E-state index contributed by atoms with van der Waals surface area (Å²) >= 11 is 0. The van der Waals surface area contributed by atoms with E-state index in [1.54, 1.807) is 6.08 Å². The van der Waals surface area contributed by atoms with Crippen molar-refractivity contribution in [2.45, 2.75) is 371 Å². The molecule has 9 nitrogen and oxygen atoms in total. The minimum atomic E-state index is -1.57. The quantitative estimate of drug-likeness (QED) is 0.0261. The fourth-order valence-electron chi connectivity index (χ4n) is 10.8. The predicted molar refractivity (Wildman–Crippen MR) is 332 cm³/mol. The Balaban J connectivity index is 2.13. The molecule has 6 N–H and O–H groups in total. The average molecular weight is 1100 g/mol. The van der Waals surface area contributed by atoms with Gasteiger partial charge in [-0.2, -0.15) is 0 Å². The van der Waals surface area contributed by atoms with Gasteiger partial charge in [0.25, 0.3) is 0 Å². The van der Waals surface area contributed by atoms with Gasteiger partial charge in [0, 0.05) is 6.42 Å². The zero-order chi connectivity index (χ0) is 56.5. The van der Waals surface area contributed by atoms with Gasteiger partial charge in [0.05, 0.1) is 25.4 Å². The summed E-state index contributed by atoms with van der Waals surface area (Å²) in [5.41, 5.74) is 0. The van der Waals surface area contributed by atoms with Gasteiger partial charge in [-0.15, -0.1) is 0 Å². The lowest BCUT2D eigenvalue weighted by Gasteiger charge is -2.40. The van der Waals surface area contributed by atoms with E-state index in [9.17, 15) is 30.3 Å². The lowest BCUT2D eigenvalue weighted by molar-refractivity contribution is -0.302. The number of amides is 1. The summed E-state index contributed by atoms with van der Waals surface area (Å²) in [4.78, 5) is 13.1. The van der Waals surface area contributed by atoms with Crippen molar-refractivity contribution in [1.29, 1.82) is 0 Å². The first kappa shape index (κ1) is 74.2. The Hall–Kier alpha value is -1.85. The van der Waals surface area contributed by atoms with Crippen LogP contribution in [0.25, 0.3) is 0 Å². The third kappa shape index (κ3) is 46.7. The summed E-state index contributed by atoms with van der Waals surface area (Å²) in [5, 5.41) is 54.7. The lowest BCUT2D eigenvalue weighted by Crippen LogP contribution is -2.60. The highest BCUT2D eigenvalue weighted by Gasteiger charge is 2.44. The van der Waals surface area contributed by atoms with Crippen molar-refractivity contribution in [2.24, 2.45) is 0 Å². The van der Waals surface area contributed by atoms with Crippen LogP contribution in [0.3, 0.4) is 0 Å². The molecule has 7 unspecified atom stereocenters. The van der Waals surface area contributed by atoms with Crippen molar-refractivity contribution in [3.63, 3.8) is 0 Å². The molecule has 9 heteroatoms. The SMILES string of the molecule is CCCCCCC/C=C\C/C=C\C/C=C\CCCCCCCCCCCCCCCCCCCCC(=O)NC(COC1OC(CO)C(O)C(O)C1O)C(O)/C=C/CCCCCCCCCCCCCCCCCCCCCC. The number of aliphatic hydroxyl groups excluding tert-OH is 5. The van der Waals surface area contributed by atoms with Gasteiger partial charge in [0.2, 0.25) is 5.91 Å². The molecule has 0 radical (unpaired) electrons. The maximum atomic E-state index is 13.1. The van der Waals surface area contributed by atoms with Gasteiger partial charge < -0.3 is 40.3 Å². The van der Waals surface area contributed by atoms with E-state index >= 15 is 0 Å². The predicted octanol–water partition coefficient (Wildman–Crippen LogP) is 18.0. The number of rotatable bonds is 59. The lowest BCUT2D eigenvalue weighted by atomic mass is 9.99. The van der Waals surface area contributed by atoms with Crippen LogP contribution < -0.4 is 5.32 Å². The van der Waals surface area contributed by atoms with E-state index in [4.69, 9.17) is 9.47 Å². The molecule has 1 aliphatic heterocycles. The smallest absolute Gasteiger partial charge is 0.220 e. The first-order chi connectivity index (χ1) is 38.3. The molecule has 458 valence electrons. The normalized spacial score (nSPS) is 18.9. The number of hydrogen-bond donors (Lipinski definition) is 6. The Kier molecular flexibility index (Phi) is 55.5. The van der Waals surface area contributed by atoms with Gasteiger partial charge in [0.1, 0.15) is 24.4 Å². The summed E-state index contributed by atoms with van der Waals surface area (Å²) in [6.07, 6.45) is 72.0. The van der Waals surface area contributed by atoms with Crippen LogP contribution in [0.15, 0.2) is 48.6 Å². The number of carbonyl (C=O) groups is 1. The number of nitrogens with one attached hydrogen (secondary N) is 1. The molecule has 1 fully saturated rings. The number of ether oxygens (including phenoxy) is 2. The molecule has 0 aromatic heterocycles. The van der Waals surface area contributed by atoms with Gasteiger partial charge in [-0.3, -0.25) is 4.79 Å². The average Bonchev–Trinajstić information content (AvgIpc) is 3.45. The second-order valence-corrected chi connectivity index (χ2v) is 23.6. The fraction of sp³-hybridized carbons (Fsp3) is 0.870. The van der Waals surface area contributed by atoms with E-state index in [0.29, 0.717) is 6.42 Å². The van der Waals surface area contributed by atoms with Crippen LogP contribution in [0.4, 0.5) is 0 Å². The molecule has 78 heavy (non-hydrogen) atoms. The number of unbranched alkanes of at least 4 members (excludes halogenated alkanes) is 43. The Morgan fingerprint density at radius 2 is 0.756 bits per heavy atom. The summed E-state index contributed by atoms with van der Waals surface area (Å²) in [6, 6.07) is -0.806. The van der Waals surface area contributed by atoms with E-state index in [-0.39, 0.29) is 12.5 Å². The van der Waals surface area contributed by atoms with Crippen LogP contribution >= 0.6 is 0 Å². The maximum Gasteiger partial charge on any atom is 0.220 e. The Labute approximate surface area is 482 Å². The van der Waals surface area contributed by atoms with Gasteiger partial charge in [-0.25, -0.2) is 0 Å². The summed E-state index contributed by atoms with van der Waals surface area (Å²) < 4.78 is 11.3. The van der Waals surface area contributed by atoms with Crippen LogP contribution in [-0.2, 0) is 14.3 Å². The largest absolute Gasteiger partial charge is 0.394 e. The van der Waals surface area contributed by atoms with E-state index in [1.165, 1.54) is 257 Å². The second kappa shape index (κ2) is 58.4. The summed E-state index contributed by atoms with van der Waals surface area (Å²) in [6.45, 7) is 3.81. The summed E-state index contributed by atoms with van der Waals surface area (Å²) in [5.74, 6) is -0.172. The van der Waals surface area contributed by atoms with Crippen LogP contribution in [0.1, 0.15) is 328 Å². The molecular weight excluding hydrogens is 971 g/mol. The molecule has 0 aliphatic carbocycles. The van der Waals surface area contributed by atoms with Crippen LogP contribution in [-0.4, -0.2) is 87.5 Å². The fourth-order valence-corrected chi connectivity index (χ4v) is 10.8. The third-order valence-electron chi connectivity index (χ3n) is 16.1. The molecule has 7 atom stereocenters. The van der Waals surface area contributed by atoms with E-state index in [2.05, 4.69) is 55.6 Å². The van der Waals surface area contributed by atoms with Crippen molar-refractivity contribution in [1.82, 2.24) is 5.32 Å². The Morgan fingerprint density at radius 3 is 1.12 bits per heavy atom. The second-order valence-electron chi connectivity index (χ2n) is 23.6. The standard InChI is InChI=1S/C69H129NO8/c1-3-5-7-9-11-13-15-17-19-21-23-25-27-28-29-30-31-32-33-34-35-36-37-39-41-43-45-47-49-51-53-55-57-59-65(73)70-62(61-77-69-68(76)67(75)66(74)64(60-71)78-69)63(72)58-56-54-52-50-48-46-44-42-40-38-26-24-22-20-18-16-14-12-10-8-6-4-2/h15,17,21,23,27-28,56,58,62-64,66-69,71-72,74-76H,3-14,16,18-20,22,24-26,29-55,57,59-61H2,1-2H3,(H,70,73)/b17-15-,23-21-,28-27-,58-56+. The molecule has 1 amide bonds. The first-order valence-electron chi connectivity index (χ1n) is 33.9. The minimum Gasteiger partial charge on any atom is -0.394 e. The Morgan fingerprint density at radius 1 is 0.436 bits per heavy atom.